The minimum atomic E-state index is -0.243. The molecule has 1 aliphatic carbocycles. The Labute approximate surface area is 90.5 Å². The molecule has 4 nitrogen and oxygen atoms in total. The number of hydrogen-bond donors (Lipinski definition) is 2. The van der Waals surface area contributed by atoms with Crippen molar-refractivity contribution in [3.63, 3.8) is 0 Å². The maximum absolute atomic E-state index is 11.7. The maximum atomic E-state index is 11.7. The average Bonchev–Trinajstić information content (AvgIpc) is 2.12. The third-order valence-corrected chi connectivity index (χ3v) is 3.37. The fourth-order valence-corrected chi connectivity index (χ4v) is 2.35. The first-order valence-electron chi connectivity index (χ1n) is 5.84. The molecule has 0 unspecified atom stereocenters. The third kappa shape index (κ3) is 2.92. The standard InChI is InChI=1S/C11H20N2O2/c12-11(4-2-1-3-5-11)6-10(14)13-9-7-15-8-9/h9H,1-8,12H2,(H,13,14). The largest absolute Gasteiger partial charge is 0.377 e. The zero-order valence-electron chi connectivity index (χ0n) is 9.13. The van der Waals surface area contributed by atoms with Crippen LogP contribution in [0.3, 0.4) is 0 Å². The Hall–Kier alpha value is -0.610. The van der Waals surface area contributed by atoms with Crippen molar-refractivity contribution in [2.24, 2.45) is 5.73 Å². The zero-order valence-corrected chi connectivity index (χ0v) is 9.13. The van der Waals surface area contributed by atoms with Crippen LogP contribution in [0.25, 0.3) is 0 Å². The minimum absolute atomic E-state index is 0.0905. The van der Waals surface area contributed by atoms with Crippen molar-refractivity contribution in [3.8, 4) is 0 Å². The fourth-order valence-electron chi connectivity index (χ4n) is 2.35. The second kappa shape index (κ2) is 4.49. The van der Waals surface area contributed by atoms with Crippen LogP contribution in [0.4, 0.5) is 0 Å². The molecule has 15 heavy (non-hydrogen) atoms. The summed E-state index contributed by atoms with van der Waals surface area (Å²) in [5.41, 5.74) is 5.96. The molecule has 0 atom stereocenters. The highest BCUT2D eigenvalue weighted by Crippen LogP contribution is 2.28. The van der Waals surface area contributed by atoms with Gasteiger partial charge in [0.2, 0.25) is 5.91 Å². The molecule has 1 saturated heterocycles. The first-order valence-corrected chi connectivity index (χ1v) is 5.84. The Morgan fingerprint density at radius 2 is 2.00 bits per heavy atom. The summed E-state index contributed by atoms with van der Waals surface area (Å²) < 4.78 is 5.00. The highest BCUT2D eigenvalue weighted by molar-refractivity contribution is 5.77. The molecule has 0 aromatic carbocycles. The molecule has 0 spiro atoms. The Kier molecular flexibility index (Phi) is 3.26. The lowest BCUT2D eigenvalue weighted by Crippen LogP contribution is -2.52. The van der Waals surface area contributed by atoms with Crippen LogP contribution in [-0.2, 0) is 9.53 Å². The van der Waals surface area contributed by atoms with Crippen molar-refractivity contribution in [2.45, 2.75) is 50.1 Å². The molecule has 0 bridgehead atoms. The van der Waals surface area contributed by atoms with Gasteiger partial charge in [0.25, 0.3) is 0 Å². The van der Waals surface area contributed by atoms with Crippen molar-refractivity contribution in [2.75, 3.05) is 13.2 Å². The van der Waals surface area contributed by atoms with E-state index in [1.54, 1.807) is 0 Å². The summed E-state index contributed by atoms with van der Waals surface area (Å²) >= 11 is 0. The van der Waals surface area contributed by atoms with E-state index in [1.165, 1.54) is 6.42 Å². The van der Waals surface area contributed by atoms with Crippen molar-refractivity contribution >= 4 is 5.91 Å². The molecule has 2 rings (SSSR count). The number of nitrogens with one attached hydrogen (secondary N) is 1. The average molecular weight is 212 g/mol. The predicted molar refractivity (Wildman–Crippen MR) is 57.4 cm³/mol. The van der Waals surface area contributed by atoms with Gasteiger partial charge in [-0.05, 0) is 12.8 Å². The van der Waals surface area contributed by atoms with Crippen LogP contribution in [0.15, 0.2) is 0 Å². The third-order valence-electron chi connectivity index (χ3n) is 3.37. The van der Waals surface area contributed by atoms with Gasteiger partial charge in [-0.25, -0.2) is 0 Å². The highest BCUT2D eigenvalue weighted by Gasteiger charge is 2.31. The van der Waals surface area contributed by atoms with E-state index in [0.29, 0.717) is 19.6 Å². The van der Waals surface area contributed by atoms with Gasteiger partial charge in [-0.15, -0.1) is 0 Å². The maximum Gasteiger partial charge on any atom is 0.222 e. The molecule has 0 radical (unpaired) electrons. The van der Waals surface area contributed by atoms with E-state index in [-0.39, 0.29) is 17.5 Å². The van der Waals surface area contributed by atoms with Gasteiger partial charge in [0, 0.05) is 12.0 Å². The monoisotopic (exact) mass is 212 g/mol. The van der Waals surface area contributed by atoms with E-state index in [9.17, 15) is 4.79 Å². The van der Waals surface area contributed by atoms with Crippen molar-refractivity contribution < 1.29 is 9.53 Å². The number of rotatable bonds is 3. The summed E-state index contributed by atoms with van der Waals surface area (Å²) in [5, 5.41) is 2.94. The SMILES string of the molecule is NC1(CC(=O)NC2COC2)CCCCC1. The highest BCUT2D eigenvalue weighted by atomic mass is 16.5. The number of carbonyl (C=O) groups is 1. The van der Waals surface area contributed by atoms with Crippen LogP contribution in [-0.4, -0.2) is 30.7 Å². The molecule has 1 saturated carbocycles. The molecule has 2 fully saturated rings. The number of nitrogens with two attached hydrogens (primary N) is 1. The van der Waals surface area contributed by atoms with Crippen LogP contribution in [0.2, 0.25) is 0 Å². The normalized spacial score (nSPS) is 25.7. The second-order valence-corrected chi connectivity index (χ2v) is 4.90. The van der Waals surface area contributed by atoms with Gasteiger partial charge in [0.05, 0.1) is 19.3 Å². The predicted octanol–water partition coefficient (Wildman–Crippen LogP) is 0.553. The number of hydrogen-bond acceptors (Lipinski definition) is 3. The Bertz CT molecular complexity index is 233. The molecular weight excluding hydrogens is 192 g/mol. The first kappa shape index (κ1) is 10.9. The molecule has 1 heterocycles. The van der Waals surface area contributed by atoms with E-state index < -0.39 is 0 Å². The Morgan fingerprint density at radius 1 is 1.33 bits per heavy atom. The van der Waals surface area contributed by atoms with Gasteiger partial charge >= 0.3 is 0 Å². The lowest BCUT2D eigenvalue weighted by Gasteiger charge is -2.34. The van der Waals surface area contributed by atoms with Crippen LogP contribution in [0, 0.1) is 0 Å². The van der Waals surface area contributed by atoms with Crippen LogP contribution >= 0.6 is 0 Å². The number of carbonyl (C=O) groups excluding carboxylic acids is 1. The Morgan fingerprint density at radius 3 is 2.53 bits per heavy atom. The summed E-state index contributed by atoms with van der Waals surface area (Å²) in [4.78, 5) is 11.7. The summed E-state index contributed by atoms with van der Waals surface area (Å²) in [6.45, 7) is 1.31. The van der Waals surface area contributed by atoms with Crippen LogP contribution in [0.5, 0.6) is 0 Å². The van der Waals surface area contributed by atoms with Gasteiger partial charge in [-0.1, -0.05) is 19.3 Å². The second-order valence-electron chi connectivity index (χ2n) is 4.90. The molecule has 1 aliphatic heterocycles. The number of amides is 1. The summed E-state index contributed by atoms with van der Waals surface area (Å²) in [7, 11) is 0. The quantitative estimate of drug-likeness (QED) is 0.718. The zero-order chi connectivity index (χ0) is 10.7. The molecular formula is C11H20N2O2. The molecule has 0 aromatic rings. The first-order chi connectivity index (χ1) is 7.18. The lowest BCUT2D eigenvalue weighted by atomic mass is 9.80. The van der Waals surface area contributed by atoms with Crippen LogP contribution < -0.4 is 11.1 Å². The fraction of sp³-hybridized carbons (Fsp3) is 0.909. The van der Waals surface area contributed by atoms with E-state index in [4.69, 9.17) is 10.5 Å². The van der Waals surface area contributed by atoms with Gasteiger partial charge < -0.3 is 15.8 Å². The minimum Gasteiger partial charge on any atom is -0.377 e. The van der Waals surface area contributed by atoms with E-state index in [1.807, 2.05) is 0 Å². The Balaban J connectivity index is 1.75. The van der Waals surface area contributed by atoms with Gasteiger partial charge in [0.1, 0.15) is 0 Å². The van der Waals surface area contributed by atoms with Crippen molar-refractivity contribution in [1.82, 2.24) is 5.32 Å². The van der Waals surface area contributed by atoms with Crippen molar-refractivity contribution in [1.29, 1.82) is 0 Å². The number of ether oxygens (including phenoxy) is 1. The topological polar surface area (TPSA) is 64.4 Å². The van der Waals surface area contributed by atoms with E-state index in [0.717, 1.165) is 25.7 Å². The summed E-state index contributed by atoms with van der Waals surface area (Å²) in [5.74, 6) is 0.0905. The summed E-state index contributed by atoms with van der Waals surface area (Å²) in [6, 6.07) is 0.227. The lowest BCUT2D eigenvalue weighted by molar-refractivity contribution is -0.126. The van der Waals surface area contributed by atoms with Gasteiger partial charge in [-0.3, -0.25) is 4.79 Å². The van der Waals surface area contributed by atoms with Crippen molar-refractivity contribution in [3.05, 3.63) is 0 Å². The van der Waals surface area contributed by atoms with E-state index >= 15 is 0 Å². The summed E-state index contributed by atoms with van der Waals surface area (Å²) in [6.07, 6.45) is 6.04. The van der Waals surface area contributed by atoms with Gasteiger partial charge in [0.15, 0.2) is 0 Å². The smallest absolute Gasteiger partial charge is 0.222 e. The molecule has 86 valence electrons. The molecule has 0 aromatic heterocycles. The molecule has 1 amide bonds. The molecule has 3 N–H and O–H groups in total. The van der Waals surface area contributed by atoms with Gasteiger partial charge in [-0.2, -0.15) is 0 Å². The molecule has 4 heteroatoms. The van der Waals surface area contributed by atoms with E-state index in [2.05, 4.69) is 5.32 Å². The van der Waals surface area contributed by atoms with Crippen LogP contribution in [0.1, 0.15) is 38.5 Å². The molecule has 2 aliphatic rings.